The first-order valence-electron chi connectivity index (χ1n) is 3.10. The predicted octanol–water partition coefficient (Wildman–Crippen LogP) is 1.19. The van der Waals surface area contributed by atoms with E-state index >= 15 is 0 Å². The van der Waals surface area contributed by atoms with Crippen LogP contribution in [0.25, 0.3) is 0 Å². The van der Waals surface area contributed by atoms with Gasteiger partial charge in [-0.25, -0.2) is 0 Å². The second-order valence-corrected chi connectivity index (χ2v) is 4.04. The molecule has 62 valence electrons. The maximum Gasteiger partial charge on any atom is 0.323 e. The van der Waals surface area contributed by atoms with E-state index < -0.39 is 5.97 Å². The van der Waals surface area contributed by atoms with Crippen molar-refractivity contribution in [3.05, 3.63) is 11.1 Å². The molecule has 0 aromatic carbocycles. The van der Waals surface area contributed by atoms with Crippen LogP contribution in [-0.4, -0.2) is 27.2 Å². The van der Waals surface area contributed by atoms with Crippen LogP contribution in [0.4, 0.5) is 0 Å². The van der Waals surface area contributed by atoms with Gasteiger partial charge in [0.05, 0.1) is 0 Å². The Bertz CT molecular complexity index is 205. The zero-order chi connectivity index (χ0) is 8.43. The van der Waals surface area contributed by atoms with Gasteiger partial charge in [-0.15, -0.1) is 12.6 Å². The van der Waals surface area contributed by atoms with Crippen LogP contribution in [0, 0.1) is 0 Å². The first-order chi connectivity index (χ1) is 5.11. The van der Waals surface area contributed by atoms with E-state index in [1.54, 1.807) is 4.90 Å². The molecular formula is C6H9NO2S2. The third-order valence-electron chi connectivity index (χ3n) is 1.39. The fourth-order valence-electron chi connectivity index (χ4n) is 0.823. The van der Waals surface area contributed by atoms with Crippen LogP contribution in [0.15, 0.2) is 11.1 Å². The maximum absolute atomic E-state index is 10.3. The van der Waals surface area contributed by atoms with Gasteiger partial charge in [0.1, 0.15) is 11.3 Å². The molecule has 0 aromatic rings. The fourth-order valence-corrected chi connectivity index (χ4v) is 2.11. The second kappa shape index (κ2) is 3.40. The summed E-state index contributed by atoms with van der Waals surface area (Å²) in [6.07, 6.45) is 0. The molecule has 1 heterocycles. The molecule has 0 amide bonds. The summed E-state index contributed by atoms with van der Waals surface area (Å²) in [5.74, 6) is -0.820. The van der Waals surface area contributed by atoms with E-state index in [0.717, 1.165) is 5.70 Å². The third kappa shape index (κ3) is 2.07. The number of hydrogen-bond acceptors (Lipinski definition) is 4. The van der Waals surface area contributed by atoms with Gasteiger partial charge >= 0.3 is 5.97 Å². The van der Waals surface area contributed by atoms with E-state index in [-0.39, 0.29) is 11.3 Å². The number of nitrogens with zero attached hydrogens (tertiary/aromatic N) is 1. The van der Waals surface area contributed by atoms with Crippen LogP contribution < -0.4 is 0 Å². The van der Waals surface area contributed by atoms with Crippen LogP contribution in [0.3, 0.4) is 0 Å². The Balaban J connectivity index is 2.56. The van der Waals surface area contributed by atoms with E-state index in [4.69, 9.17) is 5.11 Å². The Hall–Kier alpha value is -0.290. The highest BCUT2D eigenvalue weighted by Crippen LogP contribution is 2.32. The average Bonchev–Trinajstić information content (AvgIpc) is 2.18. The van der Waals surface area contributed by atoms with E-state index in [1.165, 1.54) is 11.8 Å². The molecule has 0 bridgehead atoms. The van der Waals surface area contributed by atoms with Gasteiger partial charge in [-0.05, 0) is 12.3 Å². The summed E-state index contributed by atoms with van der Waals surface area (Å²) in [5.41, 5.74) is 0.970. The van der Waals surface area contributed by atoms with Crippen molar-refractivity contribution in [1.29, 1.82) is 0 Å². The smallest absolute Gasteiger partial charge is 0.323 e. The molecule has 1 N–H and O–H groups in total. The van der Waals surface area contributed by atoms with E-state index in [0.29, 0.717) is 0 Å². The zero-order valence-electron chi connectivity index (χ0n) is 6.02. The minimum absolute atomic E-state index is 0.0312. The summed E-state index contributed by atoms with van der Waals surface area (Å²) < 4.78 is -0.0360. The normalized spacial score (nSPS) is 23.6. The molecule has 0 spiro atoms. The molecule has 1 aliphatic rings. The van der Waals surface area contributed by atoms with Crippen molar-refractivity contribution in [3.63, 3.8) is 0 Å². The van der Waals surface area contributed by atoms with Crippen LogP contribution >= 0.6 is 24.4 Å². The lowest BCUT2D eigenvalue weighted by molar-refractivity contribution is -0.137. The Morgan fingerprint density at radius 3 is 3.00 bits per heavy atom. The summed E-state index contributed by atoms with van der Waals surface area (Å²) in [6.45, 7) is 1.91. The summed E-state index contributed by atoms with van der Waals surface area (Å²) in [6, 6.07) is 0. The number of aliphatic carboxylic acids is 1. The van der Waals surface area contributed by atoms with Crippen molar-refractivity contribution in [2.45, 2.75) is 11.6 Å². The number of hydrogen-bond donors (Lipinski definition) is 2. The predicted molar refractivity (Wildman–Crippen MR) is 48.5 cm³/mol. The number of allylic oxidation sites excluding steroid dienone is 1. The number of thioether (sulfide) groups is 1. The van der Waals surface area contributed by atoms with E-state index in [1.807, 2.05) is 12.3 Å². The molecule has 0 fully saturated rings. The Morgan fingerprint density at radius 2 is 2.64 bits per heavy atom. The highest BCUT2D eigenvalue weighted by atomic mass is 32.2. The van der Waals surface area contributed by atoms with Gasteiger partial charge in [-0.3, -0.25) is 4.79 Å². The molecule has 0 radical (unpaired) electrons. The van der Waals surface area contributed by atoms with Crippen molar-refractivity contribution in [2.75, 3.05) is 6.54 Å². The fraction of sp³-hybridized carbons (Fsp3) is 0.500. The minimum Gasteiger partial charge on any atom is -0.480 e. The summed E-state index contributed by atoms with van der Waals surface area (Å²) in [4.78, 5) is 12.1. The quantitative estimate of drug-likeness (QED) is 0.643. The molecule has 0 aliphatic carbocycles. The van der Waals surface area contributed by atoms with Gasteiger partial charge in [0, 0.05) is 5.70 Å². The molecular weight excluding hydrogens is 182 g/mol. The molecule has 11 heavy (non-hydrogen) atoms. The second-order valence-electron chi connectivity index (χ2n) is 2.24. The number of carboxylic acid groups (broad SMARTS) is 1. The van der Waals surface area contributed by atoms with Gasteiger partial charge in [-0.1, -0.05) is 11.8 Å². The highest BCUT2D eigenvalue weighted by Gasteiger charge is 2.22. The minimum atomic E-state index is -0.820. The molecule has 0 saturated heterocycles. The lowest BCUT2D eigenvalue weighted by Crippen LogP contribution is -2.29. The number of rotatable bonds is 2. The topological polar surface area (TPSA) is 40.5 Å². The molecule has 1 aliphatic heterocycles. The summed E-state index contributed by atoms with van der Waals surface area (Å²) in [5, 5.41) is 10.4. The largest absolute Gasteiger partial charge is 0.480 e. The third-order valence-corrected chi connectivity index (χ3v) is 3.00. The van der Waals surface area contributed by atoms with Crippen LogP contribution in [0.2, 0.25) is 0 Å². The Kier molecular flexibility index (Phi) is 2.72. The van der Waals surface area contributed by atoms with Gasteiger partial charge in [0.25, 0.3) is 0 Å². The van der Waals surface area contributed by atoms with Crippen LogP contribution in [-0.2, 0) is 4.79 Å². The van der Waals surface area contributed by atoms with Crippen LogP contribution in [0.1, 0.15) is 6.92 Å². The SMILES string of the molecule is CC1=CSC(S)N1CC(=O)O. The molecule has 1 unspecified atom stereocenters. The molecule has 3 nitrogen and oxygen atoms in total. The zero-order valence-corrected chi connectivity index (χ0v) is 7.73. The number of carboxylic acids is 1. The summed E-state index contributed by atoms with van der Waals surface area (Å²) in [7, 11) is 0. The summed E-state index contributed by atoms with van der Waals surface area (Å²) >= 11 is 5.72. The first kappa shape index (κ1) is 8.80. The Morgan fingerprint density at radius 1 is 2.00 bits per heavy atom. The van der Waals surface area contributed by atoms with Crippen molar-refractivity contribution in [1.82, 2.24) is 4.90 Å². The molecule has 0 aromatic heterocycles. The van der Waals surface area contributed by atoms with Crippen molar-refractivity contribution in [3.8, 4) is 0 Å². The lowest BCUT2D eigenvalue weighted by atomic mass is 10.4. The molecule has 5 heteroatoms. The maximum atomic E-state index is 10.3. The molecule has 1 atom stereocenters. The lowest BCUT2D eigenvalue weighted by Gasteiger charge is -2.21. The number of thiol groups is 1. The van der Waals surface area contributed by atoms with E-state index in [2.05, 4.69) is 12.6 Å². The highest BCUT2D eigenvalue weighted by molar-refractivity contribution is 8.12. The van der Waals surface area contributed by atoms with Crippen molar-refractivity contribution >= 4 is 30.4 Å². The number of carbonyl (C=O) groups is 1. The van der Waals surface area contributed by atoms with E-state index in [9.17, 15) is 4.79 Å². The molecule has 0 saturated carbocycles. The van der Waals surface area contributed by atoms with Crippen molar-refractivity contribution < 1.29 is 9.90 Å². The standard InChI is InChI=1S/C6H9NO2S2/c1-4-3-11-6(10)7(4)2-5(8)9/h3,6,10H,2H2,1H3,(H,8,9). The van der Waals surface area contributed by atoms with Crippen LogP contribution in [0.5, 0.6) is 0 Å². The monoisotopic (exact) mass is 191 g/mol. The van der Waals surface area contributed by atoms with Gasteiger partial charge in [-0.2, -0.15) is 0 Å². The van der Waals surface area contributed by atoms with Gasteiger partial charge < -0.3 is 10.0 Å². The molecule has 1 rings (SSSR count). The Labute approximate surface area is 74.9 Å². The first-order valence-corrected chi connectivity index (χ1v) is 4.56. The average molecular weight is 191 g/mol. The van der Waals surface area contributed by atoms with Gasteiger partial charge in [0.2, 0.25) is 0 Å². The van der Waals surface area contributed by atoms with Gasteiger partial charge in [0.15, 0.2) is 0 Å². The van der Waals surface area contributed by atoms with Crippen molar-refractivity contribution in [2.24, 2.45) is 0 Å².